The third-order valence-electron chi connectivity index (χ3n) is 3.30. The van der Waals surface area contributed by atoms with Crippen LogP contribution in [0.2, 0.25) is 5.02 Å². The lowest BCUT2D eigenvalue weighted by molar-refractivity contribution is 0.165. The zero-order chi connectivity index (χ0) is 13.0. The van der Waals surface area contributed by atoms with E-state index in [9.17, 15) is 5.11 Å². The van der Waals surface area contributed by atoms with Crippen molar-refractivity contribution in [3.8, 4) is 5.75 Å². The highest BCUT2D eigenvalue weighted by Crippen LogP contribution is 2.35. The van der Waals surface area contributed by atoms with Crippen molar-refractivity contribution in [3.05, 3.63) is 28.3 Å². The molecule has 4 heteroatoms. The highest BCUT2D eigenvalue weighted by molar-refractivity contribution is 6.32. The Hall–Kier alpha value is -0.770. The van der Waals surface area contributed by atoms with Crippen LogP contribution in [-0.2, 0) is 6.42 Å². The van der Waals surface area contributed by atoms with Gasteiger partial charge in [-0.1, -0.05) is 11.6 Å². The summed E-state index contributed by atoms with van der Waals surface area (Å²) in [4.78, 5) is 0. The maximum atomic E-state index is 10.1. The Morgan fingerprint density at radius 2 is 2.22 bits per heavy atom. The predicted molar refractivity (Wildman–Crippen MR) is 73.1 cm³/mol. The fraction of sp³-hybridized carbons (Fsp3) is 0.571. The van der Waals surface area contributed by atoms with Gasteiger partial charge in [0.1, 0.15) is 5.75 Å². The molecule has 1 heterocycles. The van der Waals surface area contributed by atoms with Gasteiger partial charge in [0.15, 0.2) is 0 Å². The first kappa shape index (κ1) is 13.7. The van der Waals surface area contributed by atoms with E-state index in [1.807, 2.05) is 12.1 Å². The molecule has 18 heavy (non-hydrogen) atoms. The third-order valence-corrected chi connectivity index (χ3v) is 3.58. The lowest BCUT2D eigenvalue weighted by Gasteiger charge is -2.15. The van der Waals surface area contributed by atoms with E-state index < -0.39 is 6.10 Å². The number of aliphatic hydroxyl groups is 1. The fourth-order valence-corrected chi connectivity index (χ4v) is 2.58. The quantitative estimate of drug-likeness (QED) is 0.884. The molecule has 100 valence electrons. The molecule has 1 aromatic rings. The summed E-state index contributed by atoms with van der Waals surface area (Å²) in [6, 6.07) is 3.83. The van der Waals surface area contributed by atoms with Crippen molar-refractivity contribution in [1.82, 2.24) is 0 Å². The number of benzene rings is 1. The second-order valence-electron chi connectivity index (χ2n) is 4.74. The number of hydrogen-bond donors (Lipinski definition) is 2. The standard InChI is InChI=1S/C14H20ClNO2/c15-12-9-11(13(17)5-3-6-16)8-10-4-1-2-7-18-14(10)12/h8-9,13,17H,1-7,16H2. The van der Waals surface area contributed by atoms with Crippen LogP contribution in [-0.4, -0.2) is 18.3 Å². The molecule has 0 fully saturated rings. The average Bonchev–Trinajstić information content (AvgIpc) is 2.61. The van der Waals surface area contributed by atoms with E-state index in [0.717, 1.165) is 49.2 Å². The molecule has 0 saturated carbocycles. The number of rotatable bonds is 4. The highest BCUT2D eigenvalue weighted by atomic mass is 35.5. The van der Waals surface area contributed by atoms with Crippen LogP contribution in [0.15, 0.2) is 12.1 Å². The molecule has 3 nitrogen and oxygen atoms in total. The summed E-state index contributed by atoms with van der Waals surface area (Å²) in [5.41, 5.74) is 7.44. The molecule has 0 aromatic heterocycles. The lowest BCUT2D eigenvalue weighted by atomic mass is 9.99. The highest BCUT2D eigenvalue weighted by Gasteiger charge is 2.17. The minimum atomic E-state index is -0.486. The Kier molecular flexibility index (Phi) is 4.87. The van der Waals surface area contributed by atoms with Gasteiger partial charge in [-0.15, -0.1) is 0 Å². The summed E-state index contributed by atoms with van der Waals surface area (Å²) in [5, 5.41) is 10.7. The first-order chi connectivity index (χ1) is 8.72. The molecular formula is C14H20ClNO2. The van der Waals surface area contributed by atoms with Crippen LogP contribution in [0.1, 0.15) is 42.9 Å². The van der Waals surface area contributed by atoms with Gasteiger partial charge in [0, 0.05) is 0 Å². The zero-order valence-corrected chi connectivity index (χ0v) is 11.2. The molecule has 1 aromatic carbocycles. The molecule has 0 bridgehead atoms. The van der Waals surface area contributed by atoms with Crippen molar-refractivity contribution < 1.29 is 9.84 Å². The van der Waals surface area contributed by atoms with Gasteiger partial charge in [0.25, 0.3) is 0 Å². The topological polar surface area (TPSA) is 55.5 Å². The number of nitrogens with two attached hydrogens (primary N) is 1. The number of aliphatic hydroxyl groups excluding tert-OH is 1. The molecule has 2 rings (SSSR count). The molecule has 0 amide bonds. The molecule has 1 aliphatic rings. The van der Waals surface area contributed by atoms with E-state index in [1.165, 1.54) is 0 Å². The van der Waals surface area contributed by atoms with Crippen molar-refractivity contribution in [2.45, 2.75) is 38.2 Å². The monoisotopic (exact) mass is 269 g/mol. The van der Waals surface area contributed by atoms with Crippen molar-refractivity contribution in [1.29, 1.82) is 0 Å². The van der Waals surface area contributed by atoms with Crippen molar-refractivity contribution >= 4 is 11.6 Å². The predicted octanol–water partition coefficient (Wildman–Crippen LogP) is 2.83. The van der Waals surface area contributed by atoms with Crippen LogP contribution >= 0.6 is 11.6 Å². The minimum absolute atomic E-state index is 0.486. The Labute approximate surface area is 113 Å². The van der Waals surface area contributed by atoms with E-state index in [2.05, 4.69) is 0 Å². The lowest BCUT2D eigenvalue weighted by Crippen LogP contribution is -2.05. The van der Waals surface area contributed by atoms with Gasteiger partial charge in [-0.3, -0.25) is 0 Å². The molecule has 1 unspecified atom stereocenters. The van der Waals surface area contributed by atoms with Crippen molar-refractivity contribution in [2.75, 3.05) is 13.2 Å². The van der Waals surface area contributed by atoms with Crippen molar-refractivity contribution in [2.24, 2.45) is 5.73 Å². The number of halogens is 1. The van der Waals surface area contributed by atoms with Crippen LogP contribution in [0.5, 0.6) is 5.75 Å². The van der Waals surface area contributed by atoms with Crippen LogP contribution < -0.4 is 10.5 Å². The maximum absolute atomic E-state index is 10.1. The number of aryl methyl sites for hydroxylation is 1. The number of fused-ring (bicyclic) bond motifs is 1. The van der Waals surface area contributed by atoms with Crippen LogP contribution in [0.3, 0.4) is 0 Å². The molecule has 3 N–H and O–H groups in total. The zero-order valence-electron chi connectivity index (χ0n) is 10.5. The molecule has 1 aliphatic heterocycles. The average molecular weight is 270 g/mol. The first-order valence-electron chi connectivity index (χ1n) is 6.55. The first-order valence-corrected chi connectivity index (χ1v) is 6.93. The largest absolute Gasteiger partial charge is 0.492 e. The van der Waals surface area contributed by atoms with Gasteiger partial charge in [-0.2, -0.15) is 0 Å². The summed E-state index contributed by atoms with van der Waals surface area (Å²) in [6.07, 6.45) is 4.12. The van der Waals surface area contributed by atoms with Gasteiger partial charge in [0.05, 0.1) is 17.7 Å². The Morgan fingerprint density at radius 3 is 3.00 bits per heavy atom. The maximum Gasteiger partial charge on any atom is 0.141 e. The SMILES string of the molecule is NCCCC(O)c1cc(Cl)c2c(c1)CCCCO2. The molecule has 1 atom stereocenters. The fourth-order valence-electron chi connectivity index (χ4n) is 2.28. The minimum Gasteiger partial charge on any atom is -0.492 e. The number of hydrogen-bond acceptors (Lipinski definition) is 3. The molecular weight excluding hydrogens is 250 g/mol. The van der Waals surface area contributed by atoms with Gasteiger partial charge >= 0.3 is 0 Å². The van der Waals surface area contributed by atoms with E-state index in [1.54, 1.807) is 0 Å². The summed E-state index contributed by atoms with van der Waals surface area (Å²) < 4.78 is 5.66. The molecule has 0 aliphatic carbocycles. The Balaban J connectivity index is 2.22. The van der Waals surface area contributed by atoms with Gasteiger partial charge in [-0.25, -0.2) is 0 Å². The van der Waals surface area contributed by atoms with Crippen molar-refractivity contribution in [3.63, 3.8) is 0 Å². The normalized spacial score (nSPS) is 16.6. The smallest absolute Gasteiger partial charge is 0.141 e. The second kappa shape index (κ2) is 6.41. The number of ether oxygens (including phenoxy) is 1. The summed E-state index contributed by atoms with van der Waals surface area (Å²) >= 11 is 6.24. The Bertz CT molecular complexity index is 409. The van der Waals surface area contributed by atoms with Crippen LogP contribution in [0, 0.1) is 0 Å². The third kappa shape index (κ3) is 3.16. The van der Waals surface area contributed by atoms with Gasteiger partial charge in [-0.05, 0) is 61.9 Å². The van der Waals surface area contributed by atoms with E-state index >= 15 is 0 Å². The second-order valence-corrected chi connectivity index (χ2v) is 5.15. The summed E-state index contributed by atoms with van der Waals surface area (Å²) in [5.74, 6) is 0.795. The molecule has 0 saturated heterocycles. The van der Waals surface area contributed by atoms with Gasteiger partial charge < -0.3 is 15.6 Å². The van der Waals surface area contributed by atoms with E-state index in [0.29, 0.717) is 18.0 Å². The summed E-state index contributed by atoms with van der Waals surface area (Å²) in [6.45, 7) is 1.32. The van der Waals surface area contributed by atoms with Crippen LogP contribution in [0.4, 0.5) is 0 Å². The van der Waals surface area contributed by atoms with E-state index in [4.69, 9.17) is 22.1 Å². The van der Waals surface area contributed by atoms with Crippen LogP contribution in [0.25, 0.3) is 0 Å². The summed E-state index contributed by atoms with van der Waals surface area (Å²) in [7, 11) is 0. The van der Waals surface area contributed by atoms with Gasteiger partial charge in [0.2, 0.25) is 0 Å². The Morgan fingerprint density at radius 1 is 1.39 bits per heavy atom. The molecule has 0 radical (unpaired) electrons. The van der Waals surface area contributed by atoms with E-state index in [-0.39, 0.29) is 0 Å². The molecule has 0 spiro atoms.